The average molecular weight is 747 g/mol. The number of nitrogens with one attached hydrogen (secondary N) is 2. The number of carbonyl (C=O) groups excluding carboxylic acids is 2. The van der Waals surface area contributed by atoms with Crippen LogP contribution in [0.1, 0.15) is 50.4 Å². The number of aliphatic hydroxyl groups excluding tert-OH is 1. The first-order valence-electron chi connectivity index (χ1n) is 17.9. The molecule has 0 radical (unpaired) electrons. The van der Waals surface area contributed by atoms with Crippen LogP contribution in [0.2, 0.25) is 0 Å². The lowest BCUT2D eigenvalue weighted by atomic mass is 10.0. The van der Waals surface area contributed by atoms with E-state index in [9.17, 15) is 23.1 Å². The fourth-order valence-corrected chi connectivity index (χ4v) is 7.36. The number of benzene rings is 4. The predicted octanol–water partition coefficient (Wildman–Crippen LogP) is 6.61. The number of carbonyl (C=O) groups is 2. The first-order chi connectivity index (χ1) is 25.4. The summed E-state index contributed by atoms with van der Waals surface area (Å²) in [5.74, 6) is 0.114. The molecule has 3 N–H and O–H groups in total. The highest BCUT2D eigenvalue weighted by atomic mass is 32.2. The molecule has 0 saturated carbocycles. The van der Waals surface area contributed by atoms with Crippen LogP contribution in [-0.2, 0) is 14.8 Å². The first kappa shape index (κ1) is 39.4. The van der Waals surface area contributed by atoms with Crippen LogP contribution in [0.25, 0.3) is 10.8 Å². The molecule has 0 bridgehead atoms. The molecule has 284 valence electrons. The largest absolute Gasteiger partial charge is 0.497 e. The molecule has 1 aliphatic rings. The molecule has 1 aliphatic heterocycles. The number of likely N-dealkylation sites (N-methyl/N-ethyl adjacent to an activating group) is 1. The van der Waals surface area contributed by atoms with E-state index >= 15 is 0 Å². The summed E-state index contributed by atoms with van der Waals surface area (Å²) >= 11 is 0. The van der Waals surface area contributed by atoms with Gasteiger partial charge in [-0.2, -0.15) is 0 Å². The van der Waals surface area contributed by atoms with Gasteiger partial charge in [-0.1, -0.05) is 43.3 Å². The van der Waals surface area contributed by atoms with Gasteiger partial charge >= 0.3 is 6.03 Å². The predicted molar refractivity (Wildman–Crippen MR) is 206 cm³/mol. The molecule has 53 heavy (non-hydrogen) atoms. The molecule has 4 atom stereocenters. The summed E-state index contributed by atoms with van der Waals surface area (Å²) in [6.07, 6.45) is 1.55. The number of aliphatic hydroxyl groups is 1. The number of hydrogen-bond donors (Lipinski definition) is 3. The fraction of sp³-hybridized carbons (Fsp3) is 0.400. The van der Waals surface area contributed by atoms with E-state index in [-0.39, 0.29) is 53.9 Å². The number of methoxy groups -OCH3 is 1. The molecule has 13 heteroatoms. The van der Waals surface area contributed by atoms with E-state index in [1.807, 2.05) is 56.3 Å². The SMILES string of the molecule is COc1ccc(S(=O)(=O)Nc2ccc3c(c2)C(=O)N([C@@H](C)CO)C[C@H](C)[C@H](CN(C)C(=O)Nc2cccc4ccccc24)OCCCC[C@H](C)O3)cc1. The quantitative estimate of drug-likeness (QED) is 0.174. The lowest BCUT2D eigenvalue weighted by Gasteiger charge is -2.35. The zero-order valence-corrected chi connectivity index (χ0v) is 31.8. The van der Waals surface area contributed by atoms with Gasteiger partial charge in [0.15, 0.2) is 0 Å². The number of urea groups is 1. The van der Waals surface area contributed by atoms with E-state index in [0.29, 0.717) is 30.2 Å². The second-order valence-corrected chi connectivity index (χ2v) is 15.3. The summed E-state index contributed by atoms with van der Waals surface area (Å²) in [6, 6.07) is 23.3. The van der Waals surface area contributed by atoms with Gasteiger partial charge in [0.2, 0.25) is 0 Å². The van der Waals surface area contributed by atoms with Crippen LogP contribution >= 0.6 is 0 Å². The second kappa shape index (κ2) is 17.8. The number of ether oxygens (including phenoxy) is 3. The number of sulfonamides is 1. The molecule has 0 aliphatic carbocycles. The first-order valence-corrected chi connectivity index (χ1v) is 19.4. The van der Waals surface area contributed by atoms with Crippen molar-refractivity contribution in [1.29, 1.82) is 0 Å². The zero-order chi connectivity index (χ0) is 38.1. The van der Waals surface area contributed by atoms with Crippen molar-refractivity contribution >= 4 is 44.1 Å². The molecule has 0 saturated heterocycles. The monoisotopic (exact) mass is 746 g/mol. The van der Waals surface area contributed by atoms with E-state index in [1.165, 1.54) is 25.3 Å². The maximum Gasteiger partial charge on any atom is 0.321 e. The Kier molecular flexibility index (Phi) is 13.2. The summed E-state index contributed by atoms with van der Waals surface area (Å²) in [5.41, 5.74) is 1.03. The molecule has 1 heterocycles. The maximum atomic E-state index is 14.5. The van der Waals surface area contributed by atoms with Gasteiger partial charge in [-0.15, -0.1) is 0 Å². The summed E-state index contributed by atoms with van der Waals surface area (Å²) < 4.78 is 47.1. The summed E-state index contributed by atoms with van der Waals surface area (Å²) in [6.45, 7) is 6.19. The minimum atomic E-state index is -4.01. The molecule has 3 amide bonds. The normalized spacial score (nSPS) is 19.3. The van der Waals surface area contributed by atoms with Gasteiger partial charge in [0.25, 0.3) is 15.9 Å². The van der Waals surface area contributed by atoms with Crippen LogP contribution in [0.15, 0.2) is 89.8 Å². The van der Waals surface area contributed by atoms with Crippen LogP contribution < -0.4 is 19.5 Å². The number of anilines is 2. The van der Waals surface area contributed by atoms with Crippen molar-refractivity contribution in [2.24, 2.45) is 5.92 Å². The van der Waals surface area contributed by atoms with Crippen LogP contribution in [-0.4, -0.2) is 94.0 Å². The molecule has 0 spiro atoms. The van der Waals surface area contributed by atoms with Crippen molar-refractivity contribution in [2.75, 3.05) is 50.5 Å². The molecule has 4 aromatic rings. The van der Waals surface area contributed by atoms with Gasteiger partial charge in [0.05, 0.1) is 48.1 Å². The van der Waals surface area contributed by atoms with Gasteiger partial charge < -0.3 is 34.4 Å². The van der Waals surface area contributed by atoms with Crippen molar-refractivity contribution in [3.63, 3.8) is 0 Å². The van der Waals surface area contributed by atoms with Crippen molar-refractivity contribution in [3.8, 4) is 11.5 Å². The fourth-order valence-electron chi connectivity index (χ4n) is 6.32. The lowest BCUT2D eigenvalue weighted by Crippen LogP contribution is -2.48. The van der Waals surface area contributed by atoms with Gasteiger partial charge in [-0.3, -0.25) is 9.52 Å². The minimum absolute atomic E-state index is 0.0285. The molecule has 0 fully saturated rings. The van der Waals surface area contributed by atoms with Crippen molar-refractivity contribution in [1.82, 2.24) is 9.80 Å². The van der Waals surface area contributed by atoms with Gasteiger partial charge in [-0.05, 0) is 87.0 Å². The third-order valence-corrected chi connectivity index (χ3v) is 10.9. The Hall–Kier alpha value is -4.85. The van der Waals surface area contributed by atoms with E-state index in [2.05, 4.69) is 10.0 Å². The Morgan fingerprint density at radius 1 is 1.04 bits per heavy atom. The van der Waals surface area contributed by atoms with Crippen molar-refractivity contribution in [2.45, 2.75) is 63.2 Å². The highest BCUT2D eigenvalue weighted by Gasteiger charge is 2.31. The van der Waals surface area contributed by atoms with E-state index < -0.39 is 28.1 Å². The number of rotatable bonds is 9. The van der Waals surface area contributed by atoms with Gasteiger partial charge in [-0.25, -0.2) is 13.2 Å². The third-order valence-electron chi connectivity index (χ3n) is 9.51. The van der Waals surface area contributed by atoms with Crippen molar-refractivity contribution < 1.29 is 37.3 Å². The topological polar surface area (TPSA) is 147 Å². The molecule has 12 nitrogen and oxygen atoms in total. The summed E-state index contributed by atoms with van der Waals surface area (Å²) in [5, 5.41) is 15.3. The number of fused-ring (bicyclic) bond motifs is 2. The molecular formula is C40H50N4O8S. The Balaban J connectivity index is 1.40. The molecule has 0 unspecified atom stereocenters. The van der Waals surface area contributed by atoms with Crippen LogP contribution in [0.3, 0.4) is 0 Å². The standard InChI is InChI=1S/C40H50N4O8S/c1-27-24-44(28(2)26-45)39(46)35-23-31(42-53(48,49)33-19-17-32(50-5)18-20-33)16-21-37(35)52-29(3)11-8-9-22-51-38(27)25-43(4)40(47)41-36-15-10-13-30-12-6-7-14-34(30)36/h6-7,10,12-21,23,27-29,38,42,45H,8-9,11,22,24-26H2,1-5H3,(H,41,47)/t27-,28-,29-,38-/m0/s1. The van der Waals surface area contributed by atoms with Gasteiger partial charge in [0.1, 0.15) is 11.5 Å². The third kappa shape index (κ3) is 9.98. The Morgan fingerprint density at radius 2 is 1.77 bits per heavy atom. The molecular weight excluding hydrogens is 697 g/mol. The minimum Gasteiger partial charge on any atom is -0.497 e. The Labute approximate surface area is 312 Å². The van der Waals surface area contributed by atoms with Crippen LogP contribution in [0.5, 0.6) is 11.5 Å². The zero-order valence-electron chi connectivity index (χ0n) is 30.9. The van der Waals surface area contributed by atoms with E-state index in [0.717, 1.165) is 23.6 Å². The molecule has 0 aromatic heterocycles. The Morgan fingerprint density at radius 3 is 2.51 bits per heavy atom. The molecule has 5 rings (SSSR count). The van der Waals surface area contributed by atoms with Crippen molar-refractivity contribution in [3.05, 3.63) is 90.5 Å². The second-order valence-electron chi connectivity index (χ2n) is 13.6. The number of hydrogen-bond acceptors (Lipinski definition) is 8. The smallest absolute Gasteiger partial charge is 0.321 e. The Bertz CT molecular complexity index is 1970. The summed E-state index contributed by atoms with van der Waals surface area (Å²) in [7, 11) is -0.797. The van der Waals surface area contributed by atoms with E-state index in [4.69, 9.17) is 14.2 Å². The lowest BCUT2D eigenvalue weighted by molar-refractivity contribution is -0.0115. The number of nitrogens with zero attached hydrogens (tertiary/aromatic N) is 2. The van der Waals surface area contributed by atoms with Gasteiger partial charge in [0, 0.05) is 43.7 Å². The average Bonchev–Trinajstić information content (AvgIpc) is 3.15. The highest BCUT2D eigenvalue weighted by Crippen LogP contribution is 2.30. The van der Waals surface area contributed by atoms with Crippen LogP contribution in [0.4, 0.5) is 16.2 Å². The van der Waals surface area contributed by atoms with Crippen LogP contribution in [0, 0.1) is 5.92 Å². The number of amides is 3. The maximum absolute atomic E-state index is 14.5. The summed E-state index contributed by atoms with van der Waals surface area (Å²) in [4.78, 5) is 31.1. The van der Waals surface area contributed by atoms with E-state index in [1.54, 1.807) is 48.0 Å². The highest BCUT2D eigenvalue weighted by molar-refractivity contribution is 7.92. The molecule has 4 aromatic carbocycles.